The standard InChI is InChI=1S/C13H22N2O2/c1-9-6-10(2)13-11(8-14-4-5-16-3)15-17-12(13)7-9/h9-10,14H,4-8H2,1-3H3. The molecule has 2 rings (SSSR count). The molecule has 4 heteroatoms. The Kier molecular flexibility index (Phi) is 4.18. The van der Waals surface area contributed by atoms with Crippen molar-refractivity contribution in [3.63, 3.8) is 0 Å². The Morgan fingerprint density at radius 3 is 3.06 bits per heavy atom. The Morgan fingerprint density at radius 1 is 1.47 bits per heavy atom. The third kappa shape index (κ3) is 2.87. The summed E-state index contributed by atoms with van der Waals surface area (Å²) in [7, 11) is 1.71. The van der Waals surface area contributed by atoms with Gasteiger partial charge in [0.2, 0.25) is 0 Å². The van der Waals surface area contributed by atoms with Crippen LogP contribution in [0.1, 0.15) is 43.2 Å². The fraction of sp³-hybridized carbons (Fsp3) is 0.769. The summed E-state index contributed by atoms with van der Waals surface area (Å²) in [6.07, 6.45) is 2.27. The van der Waals surface area contributed by atoms with Crippen LogP contribution in [0.2, 0.25) is 0 Å². The van der Waals surface area contributed by atoms with Crippen LogP contribution in [0.5, 0.6) is 0 Å². The maximum absolute atomic E-state index is 5.46. The molecule has 0 saturated carbocycles. The first-order valence-electron chi connectivity index (χ1n) is 6.39. The van der Waals surface area contributed by atoms with Gasteiger partial charge in [-0.25, -0.2) is 0 Å². The number of methoxy groups -OCH3 is 1. The van der Waals surface area contributed by atoms with Gasteiger partial charge in [0.25, 0.3) is 0 Å². The van der Waals surface area contributed by atoms with E-state index in [-0.39, 0.29) is 0 Å². The highest BCUT2D eigenvalue weighted by Crippen LogP contribution is 2.36. The average molecular weight is 238 g/mol. The molecule has 1 N–H and O–H groups in total. The molecule has 1 aromatic heterocycles. The summed E-state index contributed by atoms with van der Waals surface area (Å²) in [6.45, 7) is 6.90. The van der Waals surface area contributed by atoms with Gasteiger partial charge in [0.1, 0.15) is 11.5 Å². The molecule has 0 aliphatic heterocycles. The van der Waals surface area contributed by atoms with Gasteiger partial charge in [-0.1, -0.05) is 19.0 Å². The van der Waals surface area contributed by atoms with E-state index in [1.807, 2.05) is 0 Å². The minimum absolute atomic E-state index is 0.569. The number of hydrogen-bond donors (Lipinski definition) is 1. The zero-order chi connectivity index (χ0) is 12.3. The van der Waals surface area contributed by atoms with Crippen LogP contribution in [0.3, 0.4) is 0 Å². The fourth-order valence-electron chi connectivity index (χ4n) is 2.71. The van der Waals surface area contributed by atoms with E-state index < -0.39 is 0 Å². The van der Waals surface area contributed by atoms with Gasteiger partial charge in [-0.15, -0.1) is 0 Å². The smallest absolute Gasteiger partial charge is 0.140 e. The van der Waals surface area contributed by atoms with Gasteiger partial charge in [-0.2, -0.15) is 0 Å². The Morgan fingerprint density at radius 2 is 2.29 bits per heavy atom. The number of nitrogens with one attached hydrogen (secondary N) is 1. The molecular formula is C13H22N2O2. The van der Waals surface area contributed by atoms with Crippen LogP contribution in [0.15, 0.2) is 4.52 Å². The van der Waals surface area contributed by atoms with Crippen molar-refractivity contribution in [2.45, 2.75) is 39.2 Å². The molecule has 1 aliphatic carbocycles. The zero-order valence-electron chi connectivity index (χ0n) is 11.0. The highest BCUT2D eigenvalue weighted by molar-refractivity contribution is 5.29. The molecule has 0 bridgehead atoms. The van der Waals surface area contributed by atoms with E-state index in [1.165, 1.54) is 12.0 Å². The first kappa shape index (κ1) is 12.6. The molecule has 0 fully saturated rings. The predicted molar refractivity (Wildman–Crippen MR) is 66.0 cm³/mol. The van der Waals surface area contributed by atoms with Crippen LogP contribution in [0.4, 0.5) is 0 Å². The number of aromatic nitrogens is 1. The average Bonchev–Trinajstić information content (AvgIpc) is 2.68. The molecule has 4 nitrogen and oxygen atoms in total. The molecule has 2 atom stereocenters. The topological polar surface area (TPSA) is 47.3 Å². The fourth-order valence-corrected chi connectivity index (χ4v) is 2.71. The normalized spacial score (nSPS) is 23.7. The van der Waals surface area contributed by atoms with Crippen molar-refractivity contribution in [1.82, 2.24) is 10.5 Å². The number of fused-ring (bicyclic) bond motifs is 1. The molecule has 1 heterocycles. The summed E-state index contributed by atoms with van der Waals surface area (Å²) < 4.78 is 10.5. The van der Waals surface area contributed by atoms with Crippen molar-refractivity contribution >= 4 is 0 Å². The summed E-state index contributed by atoms with van der Waals surface area (Å²) in [4.78, 5) is 0. The van der Waals surface area contributed by atoms with Crippen molar-refractivity contribution in [2.24, 2.45) is 5.92 Å². The minimum atomic E-state index is 0.569. The van der Waals surface area contributed by atoms with Crippen molar-refractivity contribution < 1.29 is 9.26 Å². The van der Waals surface area contributed by atoms with Crippen molar-refractivity contribution in [2.75, 3.05) is 20.3 Å². The molecule has 0 spiro atoms. The zero-order valence-corrected chi connectivity index (χ0v) is 11.0. The number of nitrogens with zero attached hydrogens (tertiary/aromatic N) is 1. The maximum atomic E-state index is 5.46. The van der Waals surface area contributed by atoms with E-state index in [4.69, 9.17) is 9.26 Å². The lowest BCUT2D eigenvalue weighted by atomic mass is 9.81. The minimum Gasteiger partial charge on any atom is -0.383 e. The number of hydrogen-bond acceptors (Lipinski definition) is 4. The van der Waals surface area contributed by atoms with Gasteiger partial charge in [0.05, 0.1) is 6.61 Å². The van der Waals surface area contributed by atoms with Crippen molar-refractivity contribution in [3.8, 4) is 0 Å². The Balaban J connectivity index is 2.00. The summed E-state index contributed by atoms with van der Waals surface area (Å²) in [5.74, 6) is 2.37. The number of ether oxygens (including phenoxy) is 1. The molecule has 2 unspecified atom stereocenters. The second kappa shape index (κ2) is 5.65. The second-order valence-electron chi connectivity index (χ2n) is 5.08. The van der Waals surface area contributed by atoms with Gasteiger partial charge >= 0.3 is 0 Å². The largest absolute Gasteiger partial charge is 0.383 e. The summed E-state index contributed by atoms with van der Waals surface area (Å²) in [5.41, 5.74) is 2.42. The van der Waals surface area contributed by atoms with Gasteiger partial charge in [0, 0.05) is 32.2 Å². The van der Waals surface area contributed by atoms with E-state index in [0.29, 0.717) is 11.8 Å². The van der Waals surface area contributed by atoms with E-state index in [2.05, 4.69) is 24.3 Å². The summed E-state index contributed by atoms with van der Waals surface area (Å²) in [5, 5.41) is 7.53. The molecule has 0 saturated heterocycles. The molecule has 1 aromatic rings. The molecular weight excluding hydrogens is 216 g/mol. The molecule has 1 aliphatic rings. The number of rotatable bonds is 5. The van der Waals surface area contributed by atoms with Crippen LogP contribution < -0.4 is 5.32 Å². The Labute approximate surface area is 103 Å². The van der Waals surface area contributed by atoms with Gasteiger partial charge in [0.15, 0.2) is 0 Å². The van der Waals surface area contributed by atoms with Crippen LogP contribution in [-0.2, 0) is 17.7 Å². The molecule has 0 amide bonds. The Hall–Kier alpha value is -0.870. The molecule has 0 aromatic carbocycles. The third-order valence-electron chi connectivity index (χ3n) is 3.44. The van der Waals surface area contributed by atoms with Gasteiger partial charge in [-0.3, -0.25) is 0 Å². The van der Waals surface area contributed by atoms with Crippen molar-refractivity contribution in [1.29, 1.82) is 0 Å². The monoisotopic (exact) mass is 238 g/mol. The highest BCUT2D eigenvalue weighted by Gasteiger charge is 2.28. The van der Waals surface area contributed by atoms with Gasteiger partial charge in [-0.05, 0) is 18.3 Å². The van der Waals surface area contributed by atoms with E-state index in [9.17, 15) is 0 Å². The highest BCUT2D eigenvalue weighted by atomic mass is 16.5. The maximum Gasteiger partial charge on any atom is 0.140 e. The first-order chi connectivity index (χ1) is 8.22. The molecule has 96 valence electrons. The third-order valence-corrected chi connectivity index (χ3v) is 3.44. The Bertz CT molecular complexity index is 362. The molecule has 17 heavy (non-hydrogen) atoms. The lowest BCUT2D eigenvalue weighted by molar-refractivity contribution is 0.199. The lowest BCUT2D eigenvalue weighted by Gasteiger charge is -2.23. The lowest BCUT2D eigenvalue weighted by Crippen LogP contribution is -2.21. The van der Waals surface area contributed by atoms with E-state index >= 15 is 0 Å². The van der Waals surface area contributed by atoms with Crippen LogP contribution in [0.25, 0.3) is 0 Å². The predicted octanol–water partition coefficient (Wildman–Crippen LogP) is 2.10. The second-order valence-corrected chi connectivity index (χ2v) is 5.08. The summed E-state index contributed by atoms with van der Waals surface area (Å²) >= 11 is 0. The van der Waals surface area contributed by atoms with E-state index in [0.717, 1.165) is 37.6 Å². The van der Waals surface area contributed by atoms with E-state index in [1.54, 1.807) is 7.11 Å². The summed E-state index contributed by atoms with van der Waals surface area (Å²) in [6, 6.07) is 0. The quantitative estimate of drug-likeness (QED) is 0.798. The van der Waals surface area contributed by atoms with Crippen LogP contribution in [0, 0.1) is 5.92 Å². The SMILES string of the molecule is COCCNCc1noc2c1C(C)CC(C)C2. The van der Waals surface area contributed by atoms with Crippen molar-refractivity contribution in [3.05, 3.63) is 17.0 Å². The first-order valence-corrected chi connectivity index (χ1v) is 6.39. The van der Waals surface area contributed by atoms with Crippen LogP contribution in [-0.4, -0.2) is 25.4 Å². The van der Waals surface area contributed by atoms with Crippen LogP contribution >= 0.6 is 0 Å². The van der Waals surface area contributed by atoms with Gasteiger partial charge < -0.3 is 14.6 Å². The molecule has 0 radical (unpaired) electrons.